The van der Waals surface area contributed by atoms with E-state index in [4.69, 9.17) is 17.0 Å². The highest BCUT2D eigenvalue weighted by molar-refractivity contribution is 7.80. The van der Waals surface area contributed by atoms with Crippen molar-refractivity contribution in [2.24, 2.45) is 0 Å². The van der Waals surface area contributed by atoms with Crippen molar-refractivity contribution in [1.29, 1.82) is 0 Å². The molecular formula is C24H31N3O2S. The minimum atomic E-state index is -0.257. The highest BCUT2D eigenvalue weighted by atomic mass is 32.1. The highest BCUT2D eigenvalue weighted by Crippen LogP contribution is 2.25. The number of anilines is 2. The van der Waals surface area contributed by atoms with E-state index in [-0.39, 0.29) is 11.0 Å². The largest absolute Gasteiger partial charge is 0.494 e. The smallest absolute Gasteiger partial charge is 0.257 e. The van der Waals surface area contributed by atoms with E-state index in [0.29, 0.717) is 24.0 Å². The molecule has 0 bridgehead atoms. The van der Waals surface area contributed by atoms with Crippen LogP contribution in [0.5, 0.6) is 5.75 Å². The molecule has 1 fully saturated rings. The van der Waals surface area contributed by atoms with Gasteiger partial charge in [-0.3, -0.25) is 10.1 Å². The molecule has 30 heavy (non-hydrogen) atoms. The molecule has 0 spiro atoms. The van der Waals surface area contributed by atoms with Gasteiger partial charge in [0.05, 0.1) is 6.61 Å². The quantitative estimate of drug-likeness (QED) is 0.461. The third kappa shape index (κ3) is 6.20. The summed E-state index contributed by atoms with van der Waals surface area (Å²) < 4.78 is 5.67. The number of unbranched alkanes of at least 4 members (excludes halogenated alkanes) is 1. The highest BCUT2D eigenvalue weighted by Gasteiger charge is 2.18. The number of ether oxygens (including phenoxy) is 1. The van der Waals surface area contributed by atoms with Crippen molar-refractivity contribution in [1.82, 2.24) is 5.32 Å². The molecule has 0 radical (unpaired) electrons. The molecule has 2 aromatic rings. The molecule has 0 aliphatic carbocycles. The predicted octanol–water partition coefficient (Wildman–Crippen LogP) is 5.37. The van der Waals surface area contributed by atoms with Crippen molar-refractivity contribution < 1.29 is 9.53 Å². The normalized spacial score (nSPS) is 16.1. The van der Waals surface area contributed by atoms with E-state index >= 15 is 0 Å². The molecule has 3 rings (SSSR count). The molecule has 2 aromatic carbocycles. The van der Waals surface area contributed by atoms with Crippen molar-refractivity contribution in [3.8, 4) is 5.75 Å². The Kier molecular flexibility index (Phi) is 8.08. The third-order valence-electron chi connectivity index (χ3n) is 5.35. The number of carbonyl (C=O) groups excluding carboxylic acids is 1. The van der Waals surface area contributed by atoms with E-state index in [0.717, 1.165) is 25.1 Å². The lowest BCUT2D eigenvalue weighted by Crippen LogP contribution is -2.37. The number of rotatable bonds is 7. The number of amides is 1. The first-order valence-electron chi connectivity index (χ1n) is 10.8. The molecule has 1 saturated heterocycles. The molecule has 0 aromatic heterocycles. The SMILES string of the molecule is CCCCOc1cccc(C(=O)NC(=S)Nc2ccc(N3CCCC[C@H]3C)cc2)c1. The molecule has 1 heterocycles. The number of hydrogen-bond donors (Lipinski definition) is 2. The standard InChI is InChI=1S/C24H31N3O2S/c1-3-4-16-29-22-10-7-9-19(17-22)23(28)26-24(30)25-20-11-13-21(14-12-20)27-15-6-5-8-18(27)2/h7,9-14,17-18H,3-6,8,15-16H2,1-2H3,(H2,25,26,28,30)/t18-/m1/s1. The van der Waals surface area contributed by atoms with Gasteiger partial charge in [-0.1, -0.05) is 19.4 Å². The fraction of sp³-hybridized carbons (Fsp3) is 0.417. The molecule has 0 unspecified atom stereocenters. The number of piperidine rings is 1. The van der Waals surface area contributed by atoms with Crippen LogP contribution < -0.4 is 20.3 Å². The minimum Gasteiger partial charge on any atom is -0.494 e. The number of hydrogen-bond acceptors (Lipinski definition) is 4. The van der Waals surface area contributed by atoms with Crippen molar-refractivity contribution in [3.63, 3.8) is 0 Å². The first kappa shape index (κ1) is 22.1. The van der Waals surface area contributed by atoms with E-state index in [2.05, 4.69) is 41.5 Å². The first-order chi connectivity index (χ1) is 14.6. The number of carbonyl (C=O) groups is 1. The fourth-order valence-corrected chi connectivity index (χ4v) is 3.83. The summed E-state index contributed by atoms with van der Waals surface area (Å²) in [5.41, 5.74) is 2.59. The summed E-state index contributed by atoms with van der Waals surface area (Å²) >= 11 is 5.32. The Morgan fingerprint density at radius 3 is 2.73 bits per heavy atom. The maximum Gasteiger partial charge on any atom is 0.257 e. The van der Waals surface area contributed by atoms with Gasteiger partial charge in [-0.2, -0.15) is 0 Å². The summed E-state index contributed by atoms with van der Waals surface area (Å²) in [6.07, 6.45) is 5.84. The lowest BCUT2D eigenvalue weighted by Gasteiger charge is -2.35. The van der Waals surface area contributed by atoms with Crippen LogP contribution in [0.4, 0.5) is 11.4 Å². The zero-order chi connectivity index (χ0) is 21.3. The van der Waals surface area contributed by atoms with Crippen molar-refractivity contribution in [3.05, 3.63) is 54.1 Å². The van der Waals surface area contributed by atoms with Gasteiger partial charge in [-0.05, 0) is 87.3 Å². The number of thiocarbonyl (C=S) groups is 1. The second-order valence-electron chi connectivity index (χ2n) is 7.72. The summed E-state index contributed by atoms with van der Waals surface area (Å²) in [6.45, 7) is 6.14. The zero-order valence-electron chi connectivity index (χ0n) is 17.8. The van der Waals surface area contributed by atoms with Crippen molar-refractivity contribution in [2.75, 3.05) is 23.4 Å². The Hall–Kier alpha value is -2.60. The molecule has 2 N–H and O–H groups in total. The van der Waals surface area contributed by atoms with Gasteiger partial charge >= 0.3 is 0 Å². The lowest BCUT2D eigenvalue weighted by molar-refractivity contribution is 0.0977. The van der Waals surface area contributed by atoms with E-state index in [1.54, 1.807) is 12.1 Å². The van der Waals surface area contributed by atoms with E-state index < -0.39 is 0 Å². The maximum absolute atomic E-state index is 12.5. The fourth-order valence-electron chi connectivity index (χ4n) is 3.62. The van der Waals surface area contributed by atoms with Crippen LogP contribution in [-0.2, 0) is 0 Å². The van der Waals surface area contributed by atoms with Crippen LogP contribution in [0.15, 0.2) is 48.5 Å². The van der Waals surface area contributed by atoms with Crippen LogP contribution >= 0.6 is 12.2 Å². The van der Waals surface area contributed by atoms with E-state index in [9.17, 15) is 4.79 Å². The summed E-state index contributed by atoms with van der Waals surface area (Å²) in [6, 6.07) is 15.9. The number of benzene rings is 2. The molecule has 0 saturated carbocycles. The second kappa shape index (κ2) is 11.0. The Morgan fingerprint density at radius 2 is 2.00 bits per heavy atom. The summed E-state index contributed by atoms with van der Waals surface area (Å²) in [4.78, 5) is 15.0. The van der Waals surface area contributed by atoms with Gasteiger partial charge in [-0.15, -0.1) is 0 Å². The molecule has 5 nitrogen and oxygen atoms in total. The molecule has 6 heteroatoms. The van der Waals surface area contributed by atoms with Crippen LogP contribution in [-0.4, -0.2) is 30.2 Å². The minimum absolute atomic E-state index is 0.257. The number of nitrogens with zero attached hydrogens (tertiary/aromatic N) is 1. The van der Waals surface area contributed by atoms with Crippen LogP contribution in [0.2, 0.25) is 0 Å². The van der Waals surface area contributed by atoms with E-state index in [1.165, 1.54) is 24.9 Å². The lowest BCUT2D eigenvalue weighted by atomic mass is 10.0. The van der Waals surface area contributed by atoms with E-state index in [1.807, 2.05) is 24.3 Å². The Morgan fingerprint density at radius 1 is 1.20 bits per heavy atom. The Labute approximate surface area is 184 Å². The van der Waals surface area contributed by atoms with Gasteiger partial charge < -0.3 is 15.0 Å². The first-order valence-corrected chi connectivity index (χ1v) is 11.2. The summed E-state index contributed by atoms with van der Waals surface area (Å²) in [5, 5.41) is 6.10. The van der Waals surface area contributed by atoms with Gasteiger partial charge in [0.2, 0.25) is 0 Å². The number of nitrogens with one attached hydrogen (secondary N) is 2. The average molecular weight is 426 g/mol. The average Bonchev–Trinajstić information content (AvgIpc) is 2.75. The molecule has 160 valence electrons. The van der Waals surface area contributed by atoms with Gasteiger partial charge in [-0.25, -0.2) is 0 Å². The topological polar surface area (TPSA) is 53.6 Å². The van der Waals surface area contributed by atoms with Crippen LogP contribution in [0.1, 0.15) is 56.3 Å². The molecule has 1 amide bonds. The molecule has 1 atom stereocenters. The van der Waals surface area contributed by atoms with Crippen LogP contribution in [0, 0.1) is 0 Å². The molecule has 1 aliphatic heterocycles. The van der Waals surface area contributed by atoms with Crippen molar-refractivity contribution in [2.45, 2.75) is 52.0 Å². The second-order valence-corrected chi connectivity index (χ2v) is 8.13. The van der Waals surface area contributed by atoms with Gasteiger partial charge in [0.1, 0.15) is 5.75 Å². The monoisotopic (exact) mass is 425 g/mol. The van der Waals surface area contributed by atoms with Crippen LogP contribution in [0.3, 0.4) is 0 Å². The van der Waals surface area contributed by atoms with Crippen LogP contribution in [0.25, 0.3) is 0 Å². The zero-order valence-corrected chi connectivity index (χ0v) is 18.6. The predicted molar refractivity (Wildman–Crippen MR) is 128 cm³/mol. The van der Waals surface area contributed by atoms with Gasteiger partial charge in [0.25, 0.3) is 5.91 Å². The third-order valence-corrected chi connectivity index (χ3v) is 5.55. The Balaban J connectivity index is 1.53. The maximum atomic E-state index is 12.5. The molecular weight excluding hydrogens is 394 g/mol. The van der Waals surface area contributed by atoms with Gasteiger partial charge in [0, 0.05) is 29.5 Å². The Bertz CT molecular complexity index is 854. The van der Waals surface area contributed by atoms with Gasteiger partial charge in [0.15, 0.2) is 5.11 Å². The summed E-state index contributed by atoms with van der Waals surface area (Å²) in [7, 11) is 0. The molecule has 1 aliphatic rings. The van der Waals surface area contributed by atoms with Crippen molar-refractivity contribution >= 4 is 34.6 Å². The summed E-state index contributed by atoms with van der Waals surface area (Å²) in [5.74, 6) is 0.435.